The van der Waals surface area contributed by atoms with Gasteiger partial charge in [0, 0.05) is 19.6 Å². The van der Waals surface area contributed by atoms with Crippen molar-refractivity contribution in [2.45, 2.75) is 52.1 Å². The van der Waals surface area contributed by atoms with Crippen LogP contribution in [0.5, 0.6) is 0 Å². The van der Waals surface area contributed by atoms with Crippen molar-refractivity contribution in [1.82, 2.24) is 15.5 Å². The summed E-state index contributed by atoms with van der Waals surface area (Å²) in [5.41, 5.74) is 0. The second kappa shape index (κ2) is 10.7. The maximum atomic E-state index is 12.1. The van der Waals surface area contributed by atoms with Crippen molar-refractivity contribution >= 4 is 5.96 Å². The zero-order chi connectivity index (χ0) is 17.1. The predicted octanol–water partition coefficient (Wildman–Crippen LogP) is 3.01. The SMILES string of the molecule is CCNC(=NCCCCN1CCC(C)CC1)NCCC(F)(F)F. The number of rotatable bonds is 8. The fraction of sp³-hybridized carbons (Fsp3) is 0.938. The quantitative estimate of drug-likeness (QED) is 0.407. The molecule has 136 valence electrons. The van der Waals surface area contributed by atoms with Crippen LogP contribution in [0.2, 0.25) is 0 Å². The Kier molecular flexibility index (Phi) is 9.36. The topological polar surface area (TPSA) is 39.7 Å². The highest BCUT2D eigenvalue weighted by atomic mass is 19.4. The van der Waals surface area contributed by atoms with Gasteiger partial charge >= 0.3 is 6.18 Å². The van der Waals surface area contributed by atoms with E-state index in [-0.39, 0.29) is 6.54 Å². The molecule has 23 heavy (non-hydrogen) atoms. The van der Waals surface area contributed by atoms with Gasteiger partial charge in [-0.1, -0.05) is 6.92 Å². The highest BCUT2D eigenvalue weighted by molar-refractivity contribution is 5.79. The second-order valence-corrected chi connectivity index (χ2v) is 6.28. The lowest BCUT2D eigenvalue weighted by Gasteiger charge is -2.30. The average Bonchev–Trinajstić information content (AvgIpc) is 2.47. The standard InChI is InChI=1S/C16H31F3N4/c1-3-20-15(22-10-8-16(17,18)19)21-9-4-5-11-23-12-6-14(2)7-13-23/h14H,3-13H2,1-2H3,(H2,20,21,22). The Bertz CT molecular complexity index is 337. The van der Waals surface area contributed by atoms with Gasteiger partial charge in [0.15, 0.2) is 5.96 Å². The van der Waals surface area contributed by atoms with Crippen LogP contribution in [0.3, 0.4) is 0 Å². The second-order valence-electron chi connectivity index (χ2n) is 6.28. The van der Waals surface area contributed by atoms with Crippen molar-refractivity contribution in [3.63, 3.8) is 0 Å². The predicted molar refractivity (Wildman–Crippen MR) is 88.7 cm³/mol. The number of nitrogens with zero attached hydrogens (tertiary/aromatic N) is 2. The summed E-state index contributed by atoms with van der Waals surface area (Å²) in [5, 5.41) is 5.71. The maximum Gasteiger partial charge on any atom is 0.390 e. The summed E-state index contributed by atoms with van der Waals surface area (Å²) >= 11 is 0. The van der Waals surface area contributed by atoms with Gasteiger partial charge in [-0.3, -0.25) is 4.99 Å². The summed E-state index contributed by atoms with van der Waals surface area (Å²) in [5.74, 6) is 1.32. The first-order valence-electron chi connectivity index (χ1n) is 8.72. The summed E-state index contributed by atoms with van der Waals surface area (Å²) in [7, 11) is 0. The van der Waals surface area contributed by atoms with Gasteiger partial charge in [-0.05, 0) is 58.2 Å². The van der Waals surface area contributed by atoms with Gasteiger partial charge in [0.2, 0.25) is 0 Å². The molecular weight excluding hydrogens is 305 g/mol. The van der Waals surface area contributed by atoms with E-state index < -0.39 is 12.6 Å². The van der Waals surface area contributed by atoms with E-state index in [9.17, 15) is 13.2 Å². The summed E-state index contributed by atoms with van der Waals surface area (Å²) in [4.78, 5) is 6.83. The van der Waals surface area contributed by atoms with Gasteiger partial charge in [-0.25, -0.2) is 0 Å². The van der Waals surface area contributed by atoms with Gasteiger partial charge in [0.1, 0.15) is 0 Å². The molecule has 0 aromatic rings. The lowest BCUT2D eigenvalue weighted by Crippen LogP contribution is -2.39. The van der Waals surface area contributed by atoms with Gasteiger partial charge in [0.05, 0.1) is 6.42 Å². The van der Waals surface area contributed by atoms with Crippen molar-refractivity contribution in [3.8, 4) is 0 Å². The molecule has 0 aromatic carbocycles. The number of piperidine rings is 1. The molecule has 0 saturated carbocycles. The van der Waals surface area contributed by atoms with E-state index >= 15 is 0 Å². The third-order valence-corrected chi connectivity index (χ3v) is 4.07. The number of aliphatic imine (C=N–C) groups is 1. The molecule has 0 unspecified atom stereocenters. The molecule has 2 N–H and O–H groups in total. The van der Waals surface area contributed by atoms with Crippen LogP contribution in [0.4, 0.5) is 13.2 Å². The molecule has 0 spiro atoms. The Labute approximate surface area is 137 Å². The lowest BCUT2D eigenvalue weighted by molar-refractivity contribution is -0.132. The highest BCUT2D eigenvalue weighted by Gasteiger charge is 2.26. The molecule has 0 bridgehead atoms. The highest BCUT2D eigenvalue weighted by Crippen LogP contribution is 2.18. The van der Waals surface area contributed by atoms with Crippen molar-refractivity contribution < 1.29 is 13.2 Å². The molecule has 1 heterocycles. The van der Waals surface area contributed by atoms with Crippen LogP contribution in [0.1, 0.15) is 46.0 Å². The van der Waals surface area contributed by atoms with Crippen molar-refractivity contribution in [2.24, 2.45) is 10.9 Å². The first kappa shape index (κ1) is 20.1. The molecule has 7 heteroatoms. The number of alkyl halides is 3. The summed E-state index contributed by atoms with van der Waals surface area (Å²) in [6.07, 6.45) is -0.361. The smallest absolute Gasteiger partial charge is 0.357 e. The number of nitrogens with one attached hydrogen (secondary N) is 2. The van der Waals surface area contributed by atoms with Crippen LogP contribution in [0.25, 0.3) is 0 Å². The molecule has 1 saturated heterocycles. The number of hydrogen-bond donors (Lipinski definition) is 2. The van der Waals surface area contributed by atoms with Gasteiger partial charge < -0.3 is 15.5 Å². The average molecular weight is 336 g/mol. The van der Waals surface area contributed by atoms with Crippen LogP contribution in [0, 0.1) is 5.92 Å². The van der Waals surface area contributed by atoms with Gasteiger partial charge in [-0.2, -0.15) is 13.2 Å². The largest absolute Gasteiger partial charge is 0.390 e. The molecule has 0 radical (unpaired) electrons. The van der Waals surface area contributed by atoms with Crippen LogP contribution in [0.15, 0.2) is 4.99 Å². The Balaban J connectivity index is 2.15. The first-order valence-corrected chi connectivity index (χ1v) is 8.72. The fourth-order valence-electron chi connectivity index (χ4n) is 2.59. The third-order valence-electron chi connectivity index (χ3n) is 4.07. The lowest BCUT2D eigenvalue weighted by atomic mass is 9.99. The van der Waals surface area contributed by atoms with Crippen molar-refractivity contribution in [1.29, 1.82) is 0 Å². The van der Waals surface area contributed by atoms with Gasteiger partial charge in [-0.15, -0.1) is 0 Å². The van der Waals surface area contributed by atoms with Crippen molar-refractivity contribution in [3.05, 3.63) is 0 Å². The van der Waals surface area contributed by atoms with Gasteiger partial charge in [0.25, 0.3) is 0 Å². The molecule has 0 aliphatic carbocycles. The Morgan fingerprint density at radius 2 is 1.87 bits per heavy atom. The van der Waals surface area contributed by atoms with Crippen molar-refractivity contribution in [2.75, 3.05) is 39.3 Å². The number of guanidine groups is 1. The first-order chi connectivity index (χ1) is 10.9. The molecular formula is C16H31F3N4. The van der Waals surface area contributed by atoms with Crippen LogP contribution < -0.4 is 10.6 Å². The molecule has 1 rings (SSSR count). The molecule has 4 nitrogen and oxygen atoms in total. The minimum absolute atomic E-state index is 0.138. The molecule has 0 atom stereocenters. The minimum atomic E-state index is -4.13. The molecule has 0 amide bonds. The van der Waals surface area contributed by atoms with E-state index in [1.165, 1.54) is 25.9 Å². The maximum absolute atomic E-state index is 12.1. The molecule has 1 fully saturated rings. The fourth-order valence-corrected chi connectivity index (χ4v) is 2.59. The van der Waals surface area contributed by atoms with Crippen LogP contribution in [-0.4, -0.2) is 56.3 Å². The number of hydrogen-bond acceptors (Lipinski definition) is 2. The Morgan fingerprint density at radius 3 is 2.48 bits per heavy atom. The Morgan fingerprint density at radius 1 is 1.17 bits per heavy atom. The summed E-state index contributed by atoms with van der Waals surface area (Å²) in [6.45, 7) is 8.83. The molecule has 0 aromatic heterocycles. The van der Waals surface area contributed by atoms with E-state index in [4.69, 9.17) is 0 Å². The zero-order valence-electron chi connectivity index (χ0n) is 14.4. The number of halogens is 3. The zero-order valence-corrected chi connectivity index (χ0v) is 14.4. The van der Waals surface area contributed by atoms with E-state index in [0.717, 1.165) is 25.3 Å². The van der Waals surface area contributed by atoms with Crippen LogP contribution in [-0.2, 0) is 0 Å². The molecule has 1 aliphatic heterocycles. The Hall–Kier alpha value is -0.980. The van der Waals surface area contributed by atoms with E-state index in [1.54, 1.807) is 0 Å². The molecule has 1 aliphatic rings. The monoisotopic (exact) mass is 336 g/mol. The van der Waals surface area contributed by atoms with E-state index in [2.05, 4.69) is 27.4 Å². The minimum Gasteiger partial charge on any atom is -0.357 e. The third kappa shape index (κ3) is 10.4. The summed E-state index contributed by atoms with van der Waals surface area (Å²) < 4.78 is 36.4. The van der Waals surface area contributed by atoms with Crippen LogP contribution >= 0.6 is 0 Å². The summed E-state index contributed by atoms with van der Waals surface area (Å²) in [6, 6.07) is 0. The van der Waals surface area contributed by atoms with E-state index in [0.29, 0.717) is 19.0 Å². The normalized spacial score (nSPS) is 18.2. The van der Waals surface area contributed by atoms with E-state index in [1.807, 2.05) is 6.92 Å². The number of likely N-dealkylation sites (tertiary alicyclic amines) is 1. The number of unbranched alkanes of at least 4 members (excludes halogenated alkanes) is 1.